The van der Waals surface area contributed by atoms with Gasteiger partial charge in [0, 0.05) is 28.8 Å². The standard InChI is InChI=1S/C24H29FN2O/c1-15-10-18-13-22(27-23(18)26-14-15)19(11-16-6-4-5-7-16)17-8-9-20(21(25)12-17)24(2,3)28/h8-10,12-14,16,19,28H,4-7,11H2,1-3H3,(H,26,27)/t19-/m1/s1. The van der Waals surface area contributed by atoms with E-state index in [1.54, 1.807) is 26.0 Å². The van der Waals surface area contributed by atoms with Gasteiger partial charge in [0.25, 0.3) is 0 Å². The number of aromatic amines is 1. The number of hydrogen-bond donors (Lipinski definition) is 2. The molecule has 0 radical (unpaired) electrons. The van der Waals surface area contributed by atoms with Gasteiger partial charge < -0.3 is 10.1 Å². The topological polar surface area (TPSA) is 48.9 Å². The molecule has 4 heteroatoms. The van der Waals surface area contributed by atoms with Crippen molar-refractivity contribution in [2.24, 2.45) is 5.92 Å². The molecular weight excluding hydrogens is 351 g/mol. The summed E-state index contributed by atoms with van der Waals surface area (Å²) < 4.78 is 14.8. The molecule has 1 aromatic carbocycles. The molecule has 3 aromatic rings. The zero-order chi connectivity index (χ0) is 19.9. The fourth-order valence-corrected chi connectivity index (χ4v) is 4.60. The van der Waals surface area contributed by atoms with Gasteiger partial charge in [0.15, 0.2) is 0 Å². The van der Waals surface area contributed by atoms with Crippen LogP contribution in [0.1, 0.15) is 74.3 Å². The van der Waals surface area contributed by atoms with Gasteiger partial charge in [-0.15, -0.1) is 0 Å². The lowest BCUT2D eigenvalue weighted by Gasteiger charge is -2.23. The molecule has 148 valence electrons. The van der Waals surface area contributed by atoms with Gasteiger partial charge in [-0.05, 0) is 62.4 Å². The van der Waals surface area contributed by atoms with Crippen molar-refractivity contribution in [3.63, 3.8) is 0 Å². The molecule has 4 rings (SSSR count). The van der Waals surface area contributed by atoms with Crippen molar-refractivity contribution in [2.75, 3.05) is 0 Å². The fraction of sp³-hybridized carbons (Fsp3) is 0.458. The summed E-state index contributed by atoms with van der Waals surface area (Å²) in [5.74, 6) is 0.428. The minimum atomic E-state index is -1.19. The van der Waals surface area contributed by atoms with Gasteiger partial charge in [0.05, 0.1) is 5.60 Å². The van der Waals surface area contributed by atoms with E-state index in [9.17, 15) is 9.50 Å². The predicted octanol–water partition coefficient (Wildman–Crippen LogP) is 5.95. The molecule has 0 unspecified atom stereocenters. The minimum absolute atomic E-state index is 0.1000. The number of nitrogens with one attached hydrogen (secondary N) is 1. The van der Waals surface area contributed by atoms with Crippen LogP contribution in [0.5, 0.6) is 0 Å². The number of pyridine rings is 1. The average Bonchev–Trinajstić information content (AvgIpc) is 3.27. The molecule has 1 saturated carbocycles. The van der Waals surface area contributed by atoms with Gasteiger partial charge in [-0.25, -0.2) is 9.37 Å². The summed E-state index contributed by atoms with van der Waals surface area (Å²) in [6.07, 6.45) is 7.95. The van der Waals surface area contributed by atoms with Crippen molar-refractivity contribution in [2.45, 2.75) is 64.4 Å². The highest BCUT2D eigenvalue weighted by atomic mass is 19.1. The molecule has 0 bridgehead atoms. The number of H-pyrrole nitrogens is 1. The van der Waals surface area contributed by atoms with Gasteiger partial charge in [-0.1, -0.05) is 37.8 Å². The lowest BCUT2D eigenvalue weighted by atomic mass is 9.84. The number of aliphatic hydroxyl groups is 1. The lowest BCUT2D eigenvalue weighted by Crippen LogP contribution is -2.18. The smallest absolute Gasteiger partial charge is 0.137 e. The summed E-state index contributed by atoms with van der Waals surface area (Å²) in [4.78, 5) is 7.99. The Morgan fingerprint density at radius 2 is 1.96 bits per heavy atom. The number of benzene rings is 1. The fourth-order valence-electron chi connectivity index (χ4n) is 4.60. The minimum Gasteiger partial charge on any atom is -0.386 e. The second kappa shape index (κ2) is 7.32. The normalized spacial score (nSPS) is 16.8. The van der Waals surface area contributed by atoms with E-state index in [0.717, 1.165) is 34.3 Å². The summed E-state index contributed by atoms with van der Waals surface area (Å²) >= 11 is 0. The highest BCUT2D eigenvalue weighted by molar-refractivity contribution is 5.77. The Kier molecular flexibility index (Phi) is 5.00. The number of nitrogens with zero attached hydrogens (tertiary/aromatic N) is 1. The van der Waals surface area contributed by atoms with Crippen LogP contribution >= 0.6 is 0 Å². The van der Waals surface area contributed by atoms with Crippen molar-refractivity contribution in [1.82, 2.24) is 9.97 Å². The number of fused-ring (bicyclic) bond motifs is 1. The molecule has 0 spiro atoms. The van der Waals surface area contributed by atoms with Crippen LogP contribution in [0.3, 0.4) is 0 Å². The summed E-state index contributed by atoms with van der Waals surface area (Å²) in [6, 6.07) is 9.61. The Bertz CT molecular complexity index is 980. The van der Waals surface area contributed by atoms with E-state index in [1.165, 1.54) is 25.7 Å². The summed E-state index contributed by atoms with van der Waals surface area (Å²) in [6.45, 7) is 5.28. The van der Waals surface area contributed by atoms with Crippen LogP contribution in [0.15, 0.2) is 36.5 Å². The quantitative estimate of drug-likeness (QED) is 0.574. The predicted molar refractivity (Wildman–Crippen MR) is 111 cm³/mol. The van der Waals surface area contributed by atoms with Crippen LogP contribution in [0.25, 0.3) is 11.0 Å². The first kappa shape index (κ1) is 19.1. The maximum absolute atomic E-state index is 14.8. The highest BCUT2D eigenvalue weighted by Crippen LogP contribution is 2.39. The average molecular weight is 381 g/mol. The zero-order valence-corrected chi connectivity index (χ0v) is 16.9. The molecule has 2 aromatic heterocycles. The first-order valence-corrected chi connectivity index (χ1v) is 10.3. The van der Waals surface area contributed by atoms with Crippen molar-refractivity contribution in [3.05, 3.63) is 64.7 Å². The maximum atomic E-state index is 14.8. The van der Waals surface area contributed by atoms with Gasteiger partial charge in [0.2, 0.25) is 0 Å². The van der Waals surface area contributed by atoms with Gasteiger partial charge in [0.1, 0.15) is 11.5 Å². The Labute approximate surface area is 166 Å². The number of hydrogen-bond acceptors (Lipinski definition) is 2. The highest BCUT2D eigenvalue weighted by Gasteiger charge is 2.26. The molecule has 1 aliphatic rings. The van der Waals surface area contributed by atoms with Crippen molar-refractivity contribution in [1.29, 1.82) is 0 Å². The van der Waals surface area contributed by atoms with E-state index in [4.69, 9.17) is 0 Å². The van der Waals surface area contributed by atoms with Crippen molar-refractivity contribution >= 4 is 11.0 Å². The van der Waals surface area contributed by atoms with Crippen LogP contribution in [0.2, 0.25) is 0 Å². The number of aryl methyl sites for hydroxylation is 1. The third kappa shape index (κ3) is 3.83. The van der Waals surface area contributed by atoms with Crippen LogP contribution in [-0.2, 0) is 5.60 Å². The van der Waals surface area contributed by atoms with Gasteiger partial charge >= 0.3 is 0 Å². The van der Waals surface area contributed by atoms with E-state index in [1.807, 2.05) is 19.2 Å². The largest absolute Gasteiger partial charge is 0.386 e. The number of aromatic nitrogens is 2. The molecule has 28 heavy (non-hydrogen) atoms. The molecule has 0 amide bonds. The first-order chi connectivity index (χ1) is 13.3. The first-order valence-electron chi connectivity index (χ1n) is 10.3. The van der Waals surface area contributed by atoms with E-state index < -0.39 is 5.60 Å². The maximum Gasteiger partial charge on any atom is 0.137 e. The van der Waals surface area contributed by atoms with Crippen LogP contribution in [0.4, 0.5) is 4.39 Å². The van der Waals surface area contributed by atoms with E-state index in [2.05, 4.69) is 22.1 Å². The second-order valence-electron chi connectivity index (χ2n) is 8.91. The molecular formula is C24H29FN2O. The second-order valence-corrected chi connectivity index (χ2v) is 8.91. The Balaban J connectivity index is 1.75. The molecule has 1 fully saturated rings. The zero-order valence-electron chi connectivity index (χ0n) is 16.9. The van der Waals surface area contributed by atoms with E-state index in [-0.39, 0.29) is 11.7 Å². The molecule has 3 nitrogen and oxygen atoms in total. The Morgan fingerprint density at radius 3 is 2.64 bits per heavy atom. The third-order valence-electron chi connectivity index (χ3n) is 6.10. The monoisotopic (exact) mass is 380 g/mol. The number of rotatable bonds is 5. The SMILES string of the molecule is Cc1cnc2[nH]c([C@H](CC3CCCC3)c3ccc(C(C)(C)O)c(F)c3)cc2c1. The lowest BCUT2D eigenvalue weighted by molar-refractivity contribution is 0.0745. The molecule has 1 atom stereocenters. The molecule has 0 aliphatic heterocycles. The van der Waals surface area contributed by atoms with Gasteiger partial charge in [-0.3, -0.25) is 0 Å². The molecule has 0 saturated heterocycles. The van der Waals surface area contributed by atoms with Crippen LogP contribution in [-0.4, -0.2) is 15.1 Å². The molecule has 1 aliphatic carbocycles. The summed E-state index contributed by atoms with van der Waals surface area (Å²) in [5.41, 5.74) is 3.21. The van der Waals surface area contributed by atoms with Crippen molar-refractivity contribution < 1.29 is 9.50 Å². The van der Waals surface area contributed by atoms with Gasteiger partial charge in [-0.2, -0.15) is 0 Å². The molecule has 2 heterocycles. The van der Waals surface area contributed by atoms with E-state index in [0.29, 0.717) is 11.5 Å². The van der Waals surface area contributed by atoms with Crippen LogP contribution < -0.4 is 0 Å². The summed E-state index contributed by atoms with van der Waals surface area (Å²) in [7, 11) is 0. The Morgan fingerprint density at radius 1 is 1.21 bits per heavy atom. The molecule has 2 N–H and O–H groups in total. The van der Waals surface area contributed by atoms with E-state index >= 15 is 0 Å². The van der Waals surface area contributed by atoms with Crippen molar-refractivity contribution in [3.8, 4) is 0 Å². The van der Waals surface area contributed by atoms with Crippen LogP contribution in [0, 0.1) is 18.7 Å². The third-order valence-corrected chi connectivity index (χ3v) is 6.10. The summed E-state index contributed by atoms with van der Waals surface area (Å²) in [5, 5.41) is 11.3. The Hall–Kier alpha value is -2.20. The number of halogens is 1.